The van der Waals surface area contributed by atoms with E-state index in [2.05, 4.69) is 10.3 Å². The number of H-pyrrole nitrogens is 1. The van der Waals surface area contributed by atoms with Crippen molar-refractivity contribution in [2.45, 2.75) is 37.3 Å². The fourth-order valence-electron chi connectivity index (χ4n) is 4.53. The van der Waals surface area contributed by atoms with Crippen molar-refractivity contribution in [3.63, 3.8) is 0 Å². The van der Waals surface area contributed by atoms with Crippen LogP contribution in [-0.2, 0) is 12.4 Å². The molecule has 3 unspecified atom stereocenters. The third-order valence-electron chi connectivity index (χ3n) is 6.38. The normalized spacial score (nSPS) is 20.3. The Bertz CT molecular complexity index is 1390. The van der Waals surface area contributed by atoms with Gasteiger partial charge in [0.1, 0.15) is 5.56 Å². The Morgan fingerprint density at radius 2 is 1.73 bits per heavy atom. The predicted molar refractivity (Wildman–Crippen MR) is 122 cm³/mol. The largest absolute Gasteiger partial charge is 0.418 e. The van der Waals surface area contributed by atoms with Gasteiger partial charge in [-0.05, 0) is 43.2 Å². The number of rotatable bonds is 5. The van der Waals surface area contributed by atoms with Gasteiger partial charge in [-0.2, -0.15) is 26.3 Å². The van der Waals surface area contributed by atoms with Crippen molar-refractivity contribution >= 4 is 28.2 Å². The first kappa shape index (κ1) is 26.5. The van der Waals surface area contributed by atoms with Gasteiger partial charge < -0.3 is 25.8 Å². The number of nitrogens with one attached hydrogen (secondary N) is 3. The highest BCUT2D eigenvalue weighted by molar-refractivity contribution is 6.06. The molecular weight excluding hydrogens is 508 g/mol. The van der Waals surface area contributed by atoms with Crippen LogP contribution in [0.4, 0.5) is 37.7 Å². The molecular formula is C24H21F6N3O4. The molecule has 1 aliphatic carbocycles. The highest BCUT2D eigenvalue weighted by atomic mass is 19.4. The predicted octanol–water partition coefficient (Wildman–Crippen LogP) is 4.36. The molecule has 3 aromatic rings. The first-order valence-corrected chi connectivity index (χ1v) is 11.1. The third-order valence-corrected chi connectivity index (χ3v) is 6.38. The van der Waals surface area contributed by atoms with E-state index in [0.29, 0.717) is 18.9 Å². The van der Waals surface area contributed by atoms with Gasteiger partial charge >= 0.3 is 12.4 Å². The molecule has 5 N–H and O–H groups in total. The number of aromatic nitrogens is 1. The van der Waals surface area contributed by atoms with Crippen LogP contribution in [0.3, 0.4) is 0 Å². The Kier molecular flexibility index (Phi) is 6.95. The summed E-state index contributed by atoms with van der Waals surface area (Å²) in [5.74, 6) is -1.90. The average molecular weight is 529 g/mol. The van der Waals surface area contributed by atoms with E-state index >= 15 is 0 Å². The number of benzene rings is 2. The molecule has 1 fully saturated rings. The minimum absolute atomic E-state index is 0.0150. The lowest BCUT2D eigenvalue weighted by molar-refractivity contribution is -0.137. The zero-order valence-corrected chi connectivity index (χ0v) is 18.9. The van der Waals surface area contributed by atoms with E-state index in [-0.39, 0.29) is 17.8 Å². The van der Waals surface area contributed by atoms with E-state index in [1.54, 1.807) is 0 Å². The van der Waals surface area contributed by atoms with E-state index in [9.17, 15) is 46.1 Å². The highest BCUT2D eigenvalue weighted by Crippen LogP contribution is 2.38. The van der Waals surface area contributed by atoms with E-state index in [4.69, 9.17) is 0 Å². The molecule has 1 amide bonds. The van der Waals surface area contributed by atoms with Crippen molar-refractivity contribution in [3.05, 3.63) is 69.5 Å². The first-order valence-electron chi connectivity index (χ1n) is 11.1. The summed E-state index contributed by atoms with van der Waals surface area (Å²) in [5, 5.41) is 23.4. The van der Waals surface area contributed by atoms with Crippen LogP contribution in [0.5, 0.6) is 0 Å². The summed E-state index contributed by atoms with van der Waals surface area (Å²) in [6.07, 6.45) is -9.04. The third kappa shape index (κ3) is 5.27. The van der Waals surface area contributed by atoms with Gasteiger partial charge in [0.05, 0.1) is 34.9 Å². The Labute approximate surface area is 205 Å². The molecule has 198 valence electrons. The van der Waals surface area contributed by atoms with Gasteiger partial charge in [-0.25, -0.2) is 0 Å². The maximum Gasteiger partial charge on any atom is 0.418 e. The summed E-state index contributed by atoms with van der Waals surface area (Å²) in [5.41, 5.74) is -5.53. The molecule has 2 aromatic carbocycles. The van der Waals surface area contributed by atoms with Gasteiger partial charge in [-0.15, -0.1) is 0 Å². The first-order chi connectivity index (χ1) is 17.3. The topological polar surface area (TPSA) is 114 Å². The lowest BCUT2D eigenvalue weighted by atomic mass is 10.0. The summed E-state index contributed by atoms with van der Waals surface area (Å²) >= 11 is 0. The number of amides is 1. The van der Waals surface area contributed by atoms with Gasteiger partial charge in [0.15, 0.2) is 0 Å². The second-order valence-electron chi connectivity index (χ2n) is 8.71. The zero-order chi connectivity index (χ0) is 27.1. The van der Waals surface area contributed by atoms with Crippen LogP contribution in [0.25, 0.3) is 10.9 Å². The summed E-state index contributed by atoms with van der Waals surface area (Å²) in [7, 11) is 0. The second-order valence-corrected chi connectivity index (χ2v) is 8.71. The molecule has 3 atom stereocenters. The number of anilines is 2. The van der Waals surface area contributed by atoms with Gasteiger partial charge in [0, 0.05) is 29.4 Å². The van der Waals surface area contributed by atoms with Crippen LogP contribution in [-0.4, -0.2) is 39.9 Å². The molecule has 0 radical (unpaired) electrons. The van der Waals surface area contributed by atoms with Crippen molar-refractivity contribution in [2.75, 3.05) is 17.2 Å². The number of aliphatic hydroxyl groups is 2. The van der Waals surface area contributed by atoms with E-state index in [0.717, 1.165) is 24.4 Å². The Morgan fingerprint density at radius 1 is 1.03 bits per heavy atom. The molecule has 0 spiro atoms. The molecule has 1 saturated carbocycles. The van der Waals surface area contributed by atoms with Gasteiger partial charge in [-0.1, -0.05) is 6.07 Å². The van der Waals surface area contributed by atoms with Gasteiger partial charge in [0.25, 0.3) is 5.91 Å². The maximum absolute atomic E-state index is 13.8. The van der Waals surface area contributed by atoms with Crippen LogP contribution in [0.1, 0.15) is 34.3 Å². The summed E-state index contributed by atoms with van der Waals surface area (Å²) in [6, 6.07) is 5.35. The molecule has 0 aliphatic heterocycles. The molecule has 1 heterocycles. The van der Waals surface area contributed by atoms with Crippen LogP contribution in [0.2, 0.25) is 0 Å². The molecule has 1 aromatic heterocycles. The number of hydrogen-bond donors (Lipinski definition) is 5. The minimum Gasteiger partial charge on any atom is -0.396 e. The van der Waals surface area contributed by atoms with Crippen LogP contribution < -0.4 is 16.1 Å². The van der Waals surface area contributed by atoms with Crippen molar-refractivity contribution in [1.82, 2.24) is 4.98 Å². The van der Waals surface area contributed by atoms with Crippen LogP contribution >= 0.6 is 0 Å². The monoisotopic (exact) mass is 529 g/mol. The fourth-order valence-corrected chi connectivity index (χ4v) is 4.53. The molecule has 1 aliphatic rings. The number of carbonyl (C=O) groups excluding carboxylic acids is 1. The summed E-state index contributed by atoms with van der Waals surface area (Å²) in [6.45, 7) is -0.366. The smallest absolute Gasteiger partial charge is 0.396 e. The van der Waals surface area contributed by atoms with E-state index in [1.165, 1.54) is 12.1 Å². The van der Waals surface area contributed by atoms with Gasteiger partial charge in [-0.3, -0.25) is 9.59 Å². The van der Waals surface area contributed by atoms with Gasteiger partial charge in [0.2, 0.25) is 5.43 Å². The van der Waals surface area contributed by atoms with E-state index in [1.807, 2.05) is 5.32 Å². The second kappa shape index (κ2) is 9.71. The van der Waals surface area contributed by atoms with E-state index < -0.39 is 69.5 Å². The molecule has 13 heteroatoms. The minimum atomic E-state index is -4.94. The number of fused-ring (bicyclic) bond motifs is 1. The standard InChI is InChI=1S/C24H21F6N3O4/c25-23(26,27)14-2-1-3-18-20(14)21(36)12(9-31-18)22(37)33-17-5-4-11(8-15(17)24(28,29)30)32-16-6-7-19(35)13(16)10-34/h1-5,8-9,13,16,19,32,34-35H,6-7,10H2,(H,31,36)(H,33,37). The Morgan fingerprint density at radius 3 is 2.38 bits per heavy atom. The quantitative estimate of drug-likeness (QED) is 0.315. The lowest BCUT2D eigenvalue weighted by Crippen LogP contribution is -2.32. The lowest BCUT2D eigenvalue weighted by Gasteiger charge is -2.23. The maximum atomic E-state index is 13.8. The molecule has 0 bridgehead atoms. The fraction of sp³-hybridized carbons (Fsp3) is 0.333. The van der Waals surface area contributed by atoms with Crippen LogP contribution in [0, 0.1) is 5.92 Å². The number of aliphatic hydroxyl groups excluding tert-OH is 2. The van der Waals surface area contributed by atoms with Crippen molar-refractivity contribution in [2.24, 2.45) is 5.92 Å². The number of hydrogen-bond acceptors (Lipinski definition) is 5. The number of alkyl halides is 6. The number of aromatic amines is 1. The highest BCUT2D eigenvalue weighted by Gasteiger charge is 2.37. The SMILES string of the molecule is O=C(Nc1ccc(NC2CCC(O)C2CO)cc1C(F)(F)F)c1c[nH]c2cccc(C(F)(F)F)c2c1=O. The Hall–Kier alpha value is -3.58. The summed E-state index contributed by atoms with van der Waals surface area (Å²) in [4.78, 5) is 28.0. The molecule has 37 heavy (non-hydrogen) atoms. The van der Waals surface area contributed by atoms with Crippen LogP contribution in [0.15, 0.2) is 47.4 Å². The number of carbonyl (C=O) groups is 1. The molecule has 4 rings (SSSR count). The summed E-state index contributed by atoms with van der Waals surface area (Å²) < 4.78 is 81.7. The number of pyridine rings is 1. The van der Waals surface area contributed by atoms with Crippen molar-refractivity contribution < 1.29 is 41.4 Å². The Balaban J connectivity index is 1.67. The van der Waals surface area contributed by atoms with Crippen molar-refractivity contribution in [3.8, 4) is 0 Å². The molecule has 7 nitrogen and oxygen atoms in total. The molecule has 0 saturated heterocycles. The zero-order valence-electron chi connectivity index (χ0n) is 18.9. The number of halogens is 6. The van der Waals surface area contributed by atoms with Crippen molar-refractivity contribution in [1.29, 1.82) is 0 Å². The average Bonchev–Trinajstić information content (AvgIpc) is 3.17.